The SMILES string of the molecule is CCCCCCCC[C@@H]1CC[C@H]2[C@H]3CC=C4C[C@@H](OC(=O)CC)CC[C@]4(C)[C@@H]3CC[C@]12C. The Morgan fingerprint density at radius 3 is 2.53 bits per heavy atom. The van der Waals surface area contributed by atoms with Gasteiger partial charge < -0.3 is 4.74 Å². The summed E-state index contributed by atoms with van der Waals surface area (Å²) in [4.78, 5) is 11.8. The maximum Gasteiger partial charge on any atom is 0.305 e. The van der Waals surface area contributed by atoms with E-state index in [0.717, 1.165) is 36.5 Å². The van der Waals surface area contributed by atoms with E-state index in [0.29, 0.717) is 17.3 Å². The molecule has 0 aliphatic heterocycles. The van der Waals surface area contributed by atoms with Gasteiger partial charge in [-0.2, -0.15) is 0 Å². The van der Waals surface area contributed by atoms with Gasteiger partial charge in [-0.05, 0) is 85.9 Å². The van der Waals surface area contributed by atoms with Gasteiger partial charge in [0, 0.05) is 12.8 Å². The number of hydrogen-bond acceptors (Lipinski definition) is 2. The normalized spacial score (nSPS) is 40.8. The van der Waals surface area contributed by atoms with Crippen molar-refractivity contribution in [2.45, 2.75) is 137 Å². The highest BCUT2D eigenvalue weighted by Gasteiger charge is 2.58. The number of carbonyl (C=O) groups excluding carboxylic acids is 1. The number of unbranched alkanes of at least 4 members (excludes halogenated alkanes) is 5. The predicted octanol–water partition coefficient (Wildman–Crippen LogP) is 8.64. The van der Waals surface area contributed by atoms with Gasteiger partial charge in [-0.25, -0.2) is 0 Å². The Kier molecular flexibility index (Phi) is 7.78. The number of ether oxygens (including phenoxy) is 1. The van der Waals surface area contributed by atoms with Crippen molar-refractivity contribution in [1.82, 2.24) is 0 Å². The molecule has 0 spiro atoms. The molecule has 4 aliphatic rings. The van der Waals surface area contributed by atoms with Gasteiger partial charge in [0.2, 0.25) is 0 Å². The van der Waals surface area contributed by atoms with Gasteiger partial charge in [-0.3, -0.25) is 4.79 Å². The van der Waals surface area contributed by atoms with E-state index < -0.39 is 0 Å². The molecule has 0 aromatic heterocycles. The molecule has 0 radical (unpaired) electrons. The molecular formula is C30H50O2. The fourth-order valence-electron chi connectivity index (χ4n) is 8.75. The number of hydrogen-bond donors (Lipinski definition) is 0. The molecule has 0 bridgehead atoms. The van der Waals surface area contributed by atoms with Crippen LogP contribution >= 0.6 is 0 Å². The summed E-state index contributed by atoms with van der Waals surface area (Å²) in [6.45, 7) is 9.47. The highest BCUT2D eigenvalue weighted by molar-refractivity contribution is 5.69. The van der Waals surface area contributed by atoms with Gasteiger partial charge in [-0.1, -0.05) is 77.9 Å². The van der Waals surface area contributed by atoms with E-state index in [1.807, 2.05) is 6.92 Å². The zero-order chi connectivity index (χ0) is 22.8. The number of esters is 1. The van der Waals surface area contributed by atoms with Crippen molar-refractivity contribution in [2.24, 2.45) is 34.5 Å². The first-order valence-electron chi connectivity index (χ1n) is 14.3. The van der Waals surface area contributed by atoms with Crippen LogP contribution in [0, 0.1) is 34.5 Å². The summed E-state index contributed by atoms with van der Waals surface area (Å²) in [7, 11) is 0. The second-order valence-corrected chi connectivity index (χ2v) is 12.3. The number of allylic oxidation sites excluding steroid dienone is 1. The number of carbonyl (C=O) groups is 1. The first-order chi connectivity index (χ1) is 15.4. The van der Waals surface area contributed by atoms with Gasteiger partial charge in [0.25, 0.3) is 0 Å². The molecule has 182 valence electrons. The average Bonchev–Trinajstić information content (AvgIpc) is 3.12. The van der Waals surface area contributed by atoms with Crippen LogP contribution in [0.25, 0.3) is 0 Å². The molecular weight excluding hydrogens is 392 g/mol. The third-order valence-corrected chi connectivity index (χ3v) is 10.7. The minimum atomic E-state index is -0.0244. The smallest absolute Gasteiger partial charge is 0.305 e. The van der Waals surface area contributed by atoms with Crippen molar-refractivity contribution < 1.29 is 9.53 Å². The van der Waals surface area contributed by atoms with E-state index in [1.54, 1.807) is 5.57 Å². The third kappa shape index (κ3) is 4.58. The van der Waals surface area contributed by atoms with E-state index in [9.17, 15) is 4.79 Å². The Morgan fingerprint density at radius 1 is 0.969 bits per heavy atom. The Labute approximate surface area is 198 Å². The van der Waals surface area contributed by atoms with E-state index in [2.05, 4.69) is 26.8 Å². The molecule has 0 N–H and O–H groups in total. The first kappa shape index (κ1) is 24.3. The predicted molar refractivity (Wildman–Crippen MR) is 133 cm³/mol. The molecule has 0 heterocycles. The number of fused-ring (bicyclic) bond motifs is 5. The molecule has 0 unspecified atom stereocenters. The lowest BCUT2D eigenvalue weighted by atomic mass is 9.47. The molecule has 2 heteroatoms. The van der Waals surface area contributed by atoms with Crippen molar-refractivity contribution in [1.29, 1.82) is 0 Å². The van der Waals surface area contributed by atoms with Crippen LogP contribution in [0.15, 0.2) is 11.6 Å². The van der Waals surface area contributed by atoms with Crippen molar-refractivity contribution in [3.05, 3.63) is 11.6 Å². The van der Waals surface area contributed by atoms with Crippen LogP contribution in [0.5, 0.6) is 0 Å². The molecule has 0 amide bonds. The molecule has 4 aliphatic carbocycles. The van der Waals surface area contributed by atoms with Crippen molar-refractivity contribution in [3.63, 3.8) is 0 Å². The van der Waals surface area contributed by atoms with Gasteiger partial charge in [0.1, 0.15) is 6.10 Å². The minimum Gasteiger partial charge on any atom is -0.462 e. The summed E-state index contributed by atoms with van der Waals surface area (Å²) < 4.78 is 5.76. The van der Waals surface area contributed by atoms with Crippen molar-refractivity contribution >= 4 is 5.97 Å². The fourth-order valence-corrected chi connectivity index (χ4v) is 8.75. The lowest BCUT2D eigenvalue weighted by Gasteiger charge is -2.58. The van der Waals surface area contributed by atoms with E-state index in [4.69, 9.17) is 4.74 Å². The van der Waals surface area contributed by atoms with Gasteiger partial charge >= 0.3 is 5.97 Å². The first-order valence-corrected chi connectivity index (χ1v) is 14.3. The Hall–Kier alpha value is -0.790. The maximum atomic E-state index is 11.8. The standard InChI is InChI=1S/C30H50O2/c1-5-7-8-9-10-11-12-22-14-16-26-25-15-13-23-21-24(32-28(31)6-2)17-19-30(23,4)27(25)18-20-29(22,26)3/h13,22,24-27H,5-12,14-21H2,1-4H3/t22-,24+,25-,26+,27-,29-,30+/m1/s1. The lowest BCUT2D eigenvalue weighted by molar-refractivity contribution is -0.151. The molecule has 7 atom stereocenters. The Morgan fingerprint density at radius 2 is 1.75 bits per heavy atom. The fraction of sp³-hybridized carbons (Fsp3) is 0.900. The zero-order valence-electron chi connectivity index (χ0n) is 21.6. The lowest BCUT2D eigenvalue weighted by Crippen LogP contribution is -2.50. The zero-order valence-corrected chi connectivity index (χ0v) is 21.6. The molecule has 3 saturated carbocycles. The minimum absolute atomic E-state index is 0.0244. The summed E-state index contributed by atoms with van der Waals surface area (Å²) in [6.07, 6.45) is 23.7. The molecule has 0 saturated heterocycles. The summed E-state index contributed by atoms with van der Waals surface area (Å²) >= 11 is 0. The van der Waals surface area contributed by atoms with Gasteiger partial charge in [-0.15, -0.1) is 0 Å². The summed E-state index contributed by atoms with van der Waals surface area (Å²) in [6, 6.07) is 0. The van der Waals surface area contributed by atoms with E-state index >= 15 is 0 Å². The third-order valence-electron chi connectivity index (χ3n) is 10.7. The van der Waals surface area contributed by atoms with Crippen molar-refractivity contribution in [3.8, 4) is 0 Å². The van der Waals surface area contributed by atoms with Crippen LogP contribution in [0.3, 0.4) is 0 Å². The van der Waals surface area contributed by atoms with Crippen LogP contribution in [0.1, 0.15) is 130 Å². The molecule has 32 heavy (non-hydrogen) atoms. The van der Waals surface area contributed by atoms with Crippen molar-refractivity contribution in [2.75, 3.05) is 0 Å². The van der Waals surface area contributed by atoms with Crippen LogP contribution < -0.4 is 0 Å². The van der Waals surface area contributed by atoms with Crippen LogP contribution in [-0.2, 0) is 9.53 Å². The quantitative estimate of drug-likeness (QED) is 0.203. The molecule has 2 nitrogen and oxygen atoms in total. The topological polar surface area (TPSA) is 26.3 Å². The average molecular weight is 443 g/mol. The van der Waals surface area contributed by atoms with Gasteiger partial charge in [0.15, 0.2) is 0 Å². The molecule has 0 aromatic carbocycles. The molecule has 0 aromatic rings. The maximum absolute atomic E-state index is 11.8. The van der Waals surface area contributed by atoms with Crippen LogP contribution in [0.2, 0.25) is 0 Å². The summed E-state index contributed by atoms with van der Waals surface area (Å²) in [5, 5.41) is 0. The molecule has 4 rings (SSSR count). The number of rotatable bonds is 9. The van der Waals surface area contributed by atoms with E-state index in [-0.39, 0.29) is 12.1 Å². The van der Waals surface area contributed by atoms with Crippen LogP contribution in [0.4, 0.5) is 0 Å². The second-order valence-electron chi connectivity index (χ2n) is 12.3. The van der Waals surface area contributed by atoms with E-state index in [1.165, 1.54) is 83.5 Å². The second kappa shape index (κ2) is 10.2. The van der Waals surface area contributed by atoms with Crippen LogP contribution in [-0.4, -0.2) is 12.1 Å². The Bertz CT molecular complexity index is 680. The largest absolute Gasteiger partial charge is 0.462 e. The monoisotopic (exact) mass is 442 g/mol. The highest BCUT2D eigenvalue weighted by atomic mass is 16.5. The highest BCUT2D eigenvalue weighted by Crippen LogP contribution is 2.66. The van der Waals surface area contributed by atoms with Gasteiger partial charge in [0.05, 0.1) is 0 Å². The molecule has 3 fully saturated rings. The summed E-state index contributed by atoms with van der Waals surface area (Å²) in [5.41, 5.74) is 2.58. The Balaban J connectivity index is 1.38. The summed E-state index contributed by atoms with van der Waals surface area (Å²) in [5.74, 6) is 3.64.